The zero-order valence-electron chi connectivity index (χ0n) is 9.51. The van der Waals surface area contributed by atoms with E-state index in [2.05, 4.69) is 5.32 Å². The quantitative estimate of drug-likeness (QED) is 0.582. The van der Waals surface area contributed by atoms with Crippen LogP contribution in [0.25, 0.3) is 0 Å². The first-order valence-corrected chi connectivity index (χ1v) is 5.23. The van der Waals surface area contributed by atoms with E-state index in [4.69, 9.17) is 4.74 Å². The van der Waals surface area contributed by atoms with Gasteiger partial charge in [0.25, 0.3) is 0 Å². The van der Waals surface area contributed by atoms with E-state index in [-0.39, 0.29) is 5.91 Å². The molecule has 1 N–H and O–H groups in total. The third-order valence-electron chi connectivity index (χ3n) is 2.11. The normalized spacial score (nSPS) is 10.2. The highest BCUT2D eigenvalue weighted by molar-refractivity contribution is 5.76. The van der Waals surface area contributed by atoms with Crippen LogP contribution in [-0.4, -0.2) is 50.7 Å². The van der Waals surface area contributed by atoms with E-state index in [1.165, 1.54) is 0 Å². The van der Waals surface area contributed by atoms with Crippen molar-refractivity contribution in [3.05, 3.63) is 0 Å². The number of nitrogens with one attached hydrogen (secondary N) is 1. The molecule has 0 aliphatic carbocycles. The minimum absolute atomic E-state index is 0.222. The SMILES string of the molecule is CCN(CC)C(=O)CCNCCOC. The van der Waals surface area contributed by atoms with Crippen LogP contribution in [0.4, 0.5) is 0 Å². The van der Waals surface area contributed by atoms with Gasteiger partial charge >= 0.3 is 0 Å². The van der Waals surface area contributed by atoms with Crippen molar-refractivity contribution in [2.75, 3.05) is 39.9 Å². The van der Waals surface area contributed by atoms with Gasteiger partial charge < -0.3 is 15.0 Å². The molecular weight excluding hydrogens is 180 g/mol. The summed E-state index contributed by atoms with van der Waals surface area (Å²) in [6.07, 6.45) is 0.575. The Bertz CT molecular complexity index is 147. The lowest BCUT2D eigenvalue weighted by Crippen LogP contribution is -2.33. The molecule has 0 aromatic rings. The lowest BCUT2D eigenvalue weighted by molar-refractivity contribution is -0.130. The van der Waals surface area contributed by atoms with E-state index in [0.717, 1.165) is 26.2 Å². The first-order valence-electron chi connectivity index (χ1n) is 5.23. The van der Waals surface area contributed by atoms with Gasteiger partial charge in [-0.2, -0.15) is 0 Å². The van der Waals surface area contributed by atoms with Crippen LogP contribution in [0.2, 0.25) is 0 Å². The second-order valence-corrected chi connectivity index (χ2v) is 3.06. The molecule has 1 amide bonds. The van der Waals surface area contributed by atoms with Crippen molar-refractivity contribution in [2.24, 2.45) is 0 Å². The highest BCUT2D eigenvalue weighted by Crippen LogP contribution is 1.92. The van der Waals surface area contributed by atoms with Crippen molar-refractivity contribution >= 4 is 5.91 Å². The van der Waals surface area contributed by atoms with E-state index >= 15 is 0 Å². The number of hydrogen-bond acceptors (Lipinski definition) is 3. The van der Waals surface area contributed by atoms with Gasteiger partial charge in [-0.15, -0.1) is 0 Å². The summed E-state index contributed by atoms with van der Waals surface area (Å²) in [7, 11) is 1.67. The van der Waals surface area contributed by atoms with Gasteiger partial charge in [-0.25, -0.2) is 0 Å². The highest BCUT2D eigenvalue weighted by atomic mass is 16.5. The molecule has 14 heavy (non-hydrogen) atoms. The van der Waals surface area contributed by atoms with Gasteiger partial charge in [0.2, 0.25) is 5.91 Å². The molecule has 0 heterocycles. The van der Waals surface area contributed by atoms with E-state index in [9.17, 15) is 4.79 Å². The molecule has 4 heteroatoms. The molecule has 0 spiro atoms. The van der Waals surface area contributed by atoms with Crippen LogP contribution in [0, 0.1) is 0 Å². The molecule has 0 saturated heterocycles. The van der Waals surface area contributed by atoms with Crippen LogP contribution in [0.15, 0.2) is 0 Å². The smallest absolute Gasteiger partial charge is 0.223 e. The standard InChI is InChI=1S/C10H22N2O2/c1-4-12(5-2)10(13)6-7-11-8-9-14-3/h11H,4-9H2,1-3H3. The van der Waals surface area contributed by atoms with Gasteiger partial charge in [-0.1, -0.05) is 0 Å². The van der Waals surface area contributed by atoms with Gasteiger partial charge in [-0.05, 0) is 13.8 Å². The van der Waals surface area contributed by atoms with Crippen molar-refractivity contribution in [1.82, 2.24) is 10.2 Å². The van der Waals surface area contributed by atoms with Gasteiger partial charge in [0.1, 0.15) is 0 Å². The molecule has 0 aromatic heterocycles. The predicted octanol–water partition coefficient (Wildman–Crippen LogP) is 0.481. The Labute approximate surface area is 86.6 Å². The lowest BCUT2D eigenvalue weighted by Gasteiger charge is -2.18. The van der Waals surface area contributed by atoms with Crippen LogP contribution in [-0.2, 0) is 9.53 Å². The molecule has 0 aromatic carbocycles. The van der Waals surface area contributed by atoms with Gasteiger partial charge in [-0.3, -0.25) is 4.79 Å². The molecular formula is C10H22N2O2. The highest BCUT2D eigenvalue weighted by Gasteiger charge is 2.07. The lowest BCUT2D eigenvalue weighted by atomic mass is 10.3. The van der Waals surface area contributed by atoms with E-state index in [1.807, 2.05) is 18.7 Å². The fourth-order valence-electron chi connectivity index (χ4n) is 1.23. The third kappa shape index (κ3) is 5.94. The zero-order valence-corrected chi connectivity index (χ0v) is 9.51. The second-order valence-electron chi connectivity index (χ2n) is 3.06. The second kappa shape index (κ2) is 8.97. The van der Waals surface area contributed by atoms with E-state index in [0.29, 0.717) is 13.0 Å². The van der Waals surface area contributed by atoms with Crippen LogP contribution >= 0.6 is 0 Å². The number of carbonyl (C=O) groups excluding carboxylic acids is 1. The maximum atomic E-state index is 11.5. The summed E-state index contributed by atoms with van der Waals surface area (Å²) >= 11 is 0. The Morgan fingerprint density at radius 2 is 1.93 bits per heavy atom. The van der Waals surface area contributed by atoms with Crippen molar-refractivity contribution in [3.8, 4) is 0 Å². The number of ether oxygens (including phenoxy) is 1. The van der Waals surface area contributed by atoms with Crippen molar-refractivity contribution in [2.45, 2.75) is 20.3 Å². The summed E-state index contributed by atoms with van der Waals surface area (Å²) in [4.78, 5) is 13.3. The summed E-state index contributed by atoms with van der Waals surface area (Å²) in [5.41, 5.74) is 0. The molecule has 0 atom stereocenters. The molecule has 0 fully saturated rings. The van der Waals surface area contributed by atoms with E-state index in [1.54, 1.807) is 7.11 Å². The third-order valence-corrected chi connectivity index (χ3v) is 2.11. The van der Waals surface area contributed by atoms with Crippen LogP contribution < -0.4 is 5.32 Å². The van der Waals surface area contributed by atoms with Gasteiger partial charge in [0, 0.05) is 39.7 Å². The minimum Gasteiger partial charge on any atom is -0.383 e. The first kappa shape index (κ1) is 13.4. The molecule has 84 valence electrons. The Balaban J connectivity index is 3.43. The summed E-state index contributed by atoms with van der Waals surface area (Å²) in [6.45, 7) is 7.83. The molecule has 0 radical (unpaired) electrons. The van der Waals surface area contributed by atoms with Crippen LogP contribution in [0.1, 0.15) is 20.3 Å². The Morgan fingerprint density at radius 1 is 1.29 bits per heavy atom. The molecule has 4 nitrogen and oxygen atoms in total. The Hall–Kier alpha value is -0.610. The van der Waals surface area contributed by atoms with Crippen LogP contribution in [0.3, 0.4) is 0 Å². The topological polar surface area (TPSA) is 41.6 Å². The van der Waals surface area contributed by atoms with Crippen molar-refractivity contribution in [3.63, 3.8) is 0 Å². The minimum atomic E-state index is 0.222. The molecule has 0 aliphatic heterocycles. The number of hydrogen-bond donors (Lipinski definition) is 1. The summed E-state index contributed by atoms with van der Waals surface area (Å²) < 4.78 is 4.88. The number of methoxy groups -OCH3 is 1. The molecule has 0 unspecified atom stereocenters. The average Bonchev–Trinajstić information content (AvgIpc) is 2.19. The van der Waals surface area contributed by atoms with Gasteiger partial charge in [0.05, 0.1) is 6.61 Å². The Kier molecular flexibility index (Phi) is 8.57. The summed E-state index contributed by atoms with van der Waals surface area (Å²) in [6, 6.07) is 0. The van der Waals surface area contributed by atoms with Crippen LogP contribution in [0.5, 0.6) is 0 Å². The number of rotatable bonds is 8. The van der Waals surface area contributed by atoms with Crippen molar-refractivity contribution < 1.29 is 9.53 Å². The zero-order chi connectivity index (χ0) is 10.8. The molecule has 0 bridgehead atoms. The fourth-order valence-corrected chi connectivity index (χ4v) is 1.23. The predicted molar refractivity (Wildman–Crippen MR) is 57.3 cm³/mol. The fraction of sp³-hybridized carbons (Fsp3) is 0.900. The molecule has 0 rings (SSSR count). The Morgan fingerprint density at radius 3 is 2.43 bits per heavy atom. The monoisotopic (exact) mass is 202 g/mol. The van der Waals surface area contributed by atoms with E-state index < -0.39 is 0 Å². The maximum Gasteiger partial charge on any atom is 0.223 e. The number of carbonyl (C=O) groups is 1. The van der Waals surface area contributed by atoms with Gasteiger partial charge in [0.15, 0.2) is 0 Å². The maximum absolute atomic E-state index is 11.5. The first-order chi connectivity index (χ1) is 6.76. The number of amides is 1. The largest absolute Gasteiger partial charge is 0.383 e. The summed E-state index contributed by atoms with van der Waals surface area (Å²) in [5, 5.41) is 3.15. The molecule has 0 saturated carbocycles. The average molecular weight is 202 g/mol. The number of nitrogens with zero attached hydrogens (tertiary/aromatic N) is 1. The molecule has 0 aliphatic rings. The summed E-state index contributed by atoms with van der Waals surface area (Å²) in [5.74, 6) is 0.222. The van der Waals surface area contributed by atoms with Crippen molar-refractivity contribution in [1.29, 1.82) is 0 Å².